The van der Waals surface area contributed by atoms with E-state index in [9.17, 15) is 4.79 Å². The third kappa shape index (κ3) is 2.65. The zero-order valence-electron chi connectivity index (χ0n) is 13.0. The topological polar surface area (TPSA) is 71.0 Å². The highest BCUT2D eigenvalue weighted by molar-refractivity contribution is 5.94. The molecule has 3 N–H and O–H groups in total. The molecule has 1 aromatic heterocycles. The Bertz CT molecular complexity index is 529. The molecule has 3 atom stereocenters. The highest BCUT2D eigenvalue weighted by atomic mass is 16.2. The van der Waals surface area contributed by atoms with Crippen LogP contribution in [0, 0.1) is 11.8 Å². The largest absolute Gasteiger partial charge is 0.309 e. The number of carbonyl (C=O) groups is 1. The van der Waals surface area contributed by atoms with Crippen LogP contribution in [0.25, 0.3) is 0 Å². The summed E-state index contributed by atoms with van der Waals surface area (Å²) in [7, 11) is 0. The normalized spacial score (nSPS) is 31.2. The fourth-order valence-corrected chi connectivity index (χ4v) is 4.35. The third-order valence-corrected chi connectivity index (χ3v) is 5.48. The van der Waals surface area contributed by atoms with Gasteiger partial charge in [0.1, 0.15) is 0 Å². The molecular weight excluding hydrogens is 278 g/mol. The molecule has 22 heavy (non-hydrogen) atoms. The molecule has 6 nitrogen and oxygen atoms in total. The minimum Gasteiger partial charge on any atom is -0.309 e. The molecular formula is C16H25N5O. The van der Waals surface area contributed by atoms with Gasteiger partial charge in [-0.2, -0.15) is 5.10 Å². The maximum atomic E-state index is 12.7. The molecule has 1 aromatic rings. The predicted molar refractivity (Wildman–Crippen MR) is 84.4 cm³/mol. The van der Waals surface area contributed by atoms with Crippen molar-refractivity contribution in [2.75, 3.05) is 18.4 Å². The summed E-state index contributed by atoms with van der Waals surface area (Å²) in [6.45, 7) is 3.60. The van der Waals surface area contributed by atoms with Crippen molar-refractivity contribution >= 4 is 11.7 Å². The molecule has 3 heterocycles. The Hall–Kier alpha value is -1.40. The zero-order valence-corrected chi connectivity index (χ0v) is 13.0. The van der Waals surface area contributed by atoms with Gasteiger partial charge in [0.25, 0.3) is 0 Å². The second kappa shape index (κ2) is 6.01. The zero-order chi connectivity index (χ0) is 14.9. The summed E-state index contributed by atoms with van der Waals surface area (Å²) in [4.78, 5) is 12.7. The molecule has 0 aromatic carbocycles. The first-order valence-corrected chi connectivity index (χ1v) is 8.63. The van der Waals surface area contributed by atoms with Gasteiger partial charge >= 0.3 is 0 Å². The lowest BCUT2D eigenvalue weighted by Crippen LogP contribution is -2.53. The highest BCUT2D eigenvalue weighted by Gasteiger charge is 2.38. The number of aromatic nitrogens is 2. The Morgan fingerprint density at radius 3 is 3.09 bits per heavy atom. The smallest absolute Gasteiger partial charge is 0.243 e. The van der Waals surface area contributed by atoms with E-state index >= 15 is 0 Å². The number of nitrogens with one attached hydrogen (secondary N) is 3. The lowest BCUT2D eigenvalue weighted by Gasteiger charge is -2.41. The number of piperidine rings is 1. The van der Waals surface area contributed by atoms with Crippen molar-refractivity contribution in [2.24, 2.45) is 11.8 Å². The first-order chi connectivity index (χ1) is 10.8. The van der Waals surface area contributed by atoms with Gasteiger partial charge in [0.15, 0.2) is 5.82 Å². The third-order valence-electron chi connectivity index (χ3n) is 5.48. The van der Waals surface area contributed by atoms with Gasteiger partial charge in [-0.25, -0.2) is 0 Å². The van der Waals surface area contributed by atoms with Crippen LogP contribution in [-0.4, -0.2) is 34.8 Å². The van der Waals surface area contributed by atoms with E-state index in [4.69, 9.17) is 0 Å². The summed E-state index contributed by atoms with van der Waals surface area (Å²) >= 11 is 0. The van der Waals surface area contributed by atoms with Crippen LogP contribution in [0.15, 0.2) is 6.07 Å². The second-order valence-electron chi connectivity index (χ2n) is 6.84. The van der Waals surface area contributed by atoms with E-state index in [0.29, 0.717) is 11.7 Å². The van der Waals surface area contributed by atoms with Crippen LogP contribution in [0.5, 0.6) is 0 Å². The highest BCUT2D eigenvalue weighted by Crippen LogP contribution is 2.37. The number of fused-ring (bicyclic) bond motifs is 2. The molecule has 0 bridgehead atoms. The Morgan fingerprint density at radius 1 is 1.27 bits per heavy atom. The maximum absolute atomic E-state index is 12.7. The van der Waals surface area contributed by atoms with Gasteiger partial charge in [0.05, 0.1) is 18.3 Å². The summed E-state index contributed by atoms with van der Waals surface area (Å²) in [5, 5.41) is 14.3. The van der Waals surface area contributed by atoms with E-state index in [1.165, 1.54) is 32.1 Å². The molecule has 1 saturated carbocycles. The monoisotopic (exact) mass is 303 g/mol. The minimum absolute atomic E-state index is 0.0455. The second-order valence-corrected chi connectivity index (χ2v) is 6.84. The van der Waals surface area contributed by atoms with Gasteiger partial charge in [-0.15, -0.1) is 0 Å². The summed E-state index contributed by atoms with van der Waals surface area (Å²) < 4.78 is 1.99. The predicted octanol–water partition coefficient (Wildman–Crippen LogP) is 1.09. The van der Waals surface area contributed by atoms with Crippen LogP contribution >= 0.6 is 0 Å². The van der Waals surface area contributed by atoms with Gasteiger partial charge in [0.2, 0.25) is 5.91 Å². The van der Waals surface area contributed by atoms with Crippen molar-refractivity contribution in [1.29, 1.82) is 0 Å². The average molecular weight is 303 g/mol. The van der Waals surface area contributed by atoms with Crippen molar-refractivity contribution in [1.82, 2.24) is 20.4 Å². The quantitative estimate of drug-likeness (QED) is 0.765. The molecule has 120 valence electrons. The van der Waals surface area contributed by atoms with Crippen LogP contribution < -0.4 is 16.0 Å². The molecule has 3 unspecified atom stereocenters. The van der Waals surface area contributed by atoms with Gasteiger partial charge in [-0.3, -0.25) is 9.48 Å². The standard InChI is InChI=1S/C16H25N5O/c22-16(15-13-4-2-1-3-11(13)5-6-18-15)19-14-9-12-10-17-7-8-21(12)20-14/h9,11,13,15,17-18H,1-8,10H2,(H,19,20,22). The number of nitrogens with zero attached hydrogens (tertiary/aromatic N) is 2. The van der Waals surface area contributed by atoms with Crippen molar-refractivity contribution in [3.63, 3.8) is 0 Å². The summed E-state index contributed by atoms with van der Waals surface area (Å²) in [5.74, 6) is 2.02. The molecule has 0 radical (unpaired) electrons. The fourth-order valence-electron chi connectivity index (χ4n) is 4.35. The van der Waals surface area contributed by atoms with E-state index in [1.807, 2.05) is 10.7 Å². The molecule has 1 aliphatic carbocycles. The van der Waals surface area contributed by atoms with E-state index in [0.717, 1.165) is 37.8 Å². The molecule has 1 amide bonds. The molecule has 2 fully saturated rings. The van der Waals surface area contributed by atoms with E-state index < -0.39 is 0 Å². The lowest BCUT2D eigenvalue weighted by atomic mass is 9.71. The van der Waals surface area contributed by atoms with Crippen LogP contribution in [0.1, 0.15) is 37.8 Å². The average Bonchev–Trinajstić information content (AvgIpc) is 2.96. The molecule has 0 spiro atoms. The van der Waals surface area contributed by atoms with Gasteiger partial charge in [-0.05, 0) is 31.2 Å². The Kier molecular flexibility index (Phi) is 3.88. The number of amides is 1. The van der Waals surface area contributed by atoms with Gasteiger partial charge in [0, 0.05) is 19.2 Å². The van der Waals surface area contributed by atoms with Gasteiger partial charge in [-0.1, -0.05) is 19.3 Å². The van der Waals surface area contributed by atoms with Crippen LogP contribution in [-0.2, 0) is 17.9 Å². The van der Waals surface area contributed by atoms with Crippen molar-refractivity contribution in [3.8, 4) is 0 Å². The molecule has 4 rings (SSSR count). The van der Waals surface area contributed by atoms with Crippen LogP contribution in [0.2, 0.25) is 0 Å². The molecule has 6 heteroatoms. The minimum atomic E-state index is -0.0455. The Labute approximate surface area is 131 Å². The van der Waals surface area contributed by atoms with Crippen molar-refractivity contribution < 1.29 is 4.79 Å². The number of hydrogen-bond acceptors (Lipinski definition) is 4. The van der Waals surface area contributed by atoms with E-state index in [2.05, 4.69) is 21.0 Å². The first-order valence-electron chi connectivity index (χ1n) is 8.63. The summed E-state index contributed by atoms with van der Waals surface area (Å²) in [6.07, 6.45) is 6.28. The Morgan fingerprint density at radius 2 is 2.18 bits per heavy atom. The number of rotatable bonds is 2. The van der Waals surface area contributed by atoms with Gasteiger partial charge < -0.3 is 16.0 Å². The number of carbonyl (C=O) groups excluding carboxylic acids is 1. The summed E-state index contributed by atoms with van der Waals surface area (Å²) in [6, 6.07) is 1.95. The molecule has 1 saturated heterocycles. The van der Waals surface area contributed by atoms with Crippen molar-refractivity contribution in [2.45, 2.75) is 51.2 Å². The first kappa shape index (κ1) is 14.2. The Balaban J connectivity index is 1.45. The maximum Gasteiger partial charge on any atom is 0.243 e. The van der Waals surface area contributed by atoms with E-state index in [-0.39, 0.29) is 11.9 Å². The summed E-state index contributed by atoms with van der Waals surface area (Å²) in [5.41, 5.74) is 1.15. The number of anilines is 1. The SMILES string of the molecule is O=C(Nc1cc2n(n1)CCNC2)C1NCCC2CCCCC21. The van der Waals surface area contributed by atoms with Crippen molar-refractivity contribution in [3.05, 3.63) is 11.8 Å². The van der Waals surface area contributed by atoms with Crippen LogP contribution in [0.3, 0.4) is 0 Å². The molecule has 2 aliphatic heterocycles. The number of hydrogen-bond donors (Lipinski definition) is 3. The van der Waals surface area contributed by atoms with E-state index in [1.54, 1.807) is 0 Å². The fraction of sp³-hybridized carbons (Fsp3) is 0.750. The lowest BCUT2D eigenvalue weighted by molar-refractivity contribution is -0.121. The molecule has 3 aliphatic rings. The van der Waals surface area contributed by atoms with Crippen LogP contribution in [0.4, 0.5) is 5.82 Å².